The molecule has 0 bridgehead atoms. The SMILES string of the molecule is CCCCCCC(CCC)C(=O)OC1CCCC12CNCCC2(O)CN1CC(c2ccccc2)CC1=O. The Morgan fingerprint density at radius 1 is 1.14 bits per heavy atom. The van der Waals surface area contributed by atoms with Crippen molar-refractivity contribution in [2.24, 2.45) is 11.3 Å². The maximum absolute atomic E-state index is 13.4. The first-order chi connectivity index (χ1) is 17.9. The molecule has 1 amide bonds. The van der Waals surface area contributed by atoms with Gasteiger partial charge in [-0.2, -0.15) is 0 Å². The third-order valence-corrected chi connectivity index (χ3v) is 9.36. The molecule has 1 saturated carbocycles. The lowest BCUT2D eigenvalue weighted by molar-refractivity contribution is -0.188. The van der Waals surface area contributed by atoms with E-state index in [1.54, 1.807) is 0 Å². The van der Waals surface area contributed by atoms with Crippen molar-refractivity contribution < 1.29 is 19.4 Å². The maximum Gasteiger partial charge on any atom is 0.309 e. The summed E-state index contributed by atoms with van der Waals surface area (Å²) in [7, 11) is 0. The number of nitrogens with one attached hydrogen (secondary N) is 1. The molecule has 5 atom stereocenters. The van der Waals surface area contributed by atoms with Crippen molar-refractivity contribution in [2.75, 3.05) is 26.2 Å². The van der Waals surface area contributed by atoms with Crippen LogP contribution in [0.4, 0.5) is 0 Å². The highest BCUT2D eigenvalue weighted by atomic mass is 16.5. The van der Waals surface area contributed by atoms with Gasteiger partial charge < -0.3 is 20.1 Å². The minimum atomic E-state index is -1.07. The van der Waals surface area contributed by atoms with Crippen molar-refractivity contribution >= 4 is 11.9 Å². The molecule has 0 aromatic heterocycles. The van der Waals surface area contributed by atoms with Crippen LogP contribution in [0.1, 0.15) is 102 Å². The number of hydrogen-bond acceptors (Lipinski definition) is 5. The van der Waals surface area contributed by atoms with Crippen LogP contribution < -0.4 is 5.32 Å². The molecular formula is C31H48N2O4. The number of benzene rings is 1. The lowest BCUT2D eigenvalue weighted by atomic mass is 9.65. The number of hydrogen-bond donors (Lipinski definition) is 2. The van der Waals surface area contributed by atoms with Crippen LogP contribution in [0.3, 0.4) is 0 Å². The van der Waals surface area contributed by atoms with Gasteiger partial charge in [0.25, 0.3) is 0 Å². The molecule has 0 radical (unpaired) electrons. The highest BCUT2D eigenvalue weighted by molar-refractivity contribution is 5.80. The Hall–Kier alpha value is -1.92. The summed E-state index contributed by atoms with van der Waals surface area (Å²) in [6.07, 6.45) is 10.6. The zero-order valence-corrected chi connectivity index (χ0v) is 23.1. The van der Waals surface area contributed by atoms with Crippen LogP contribution in [0.5, 0.6) is 0 Å². The lowest BCUT2D eigenvalue weighted by Crippen LogP contribution is -2.66. The molecule has 2 aliphatic heterocycles. The molecule has 1 spiro atoms. The van der Waals surface area contributed by atoms with Crippen molar-refractivity contribution in [1.82, 2.24) is 10.2 Å². The van der Waals surface area contributed by atoms with Crippen molar-refractivity contribution in [3.8, 4) is 0 Å². The number of carbonyl (C=O) groups is 2. The van der Waals surface area contributed by atoms with Gasteiger partial charge in [-0.25, -0.2) is 0 Å². The number of carbonyl (C=O) groups excluding carboxylic acids is 2. The Kier molecular flexibility index (Phi) is 9.68. The molecule has 2 saturated heterocycles. The number of rotatable bonds is 12. The third-order valence-electron chi connectivity index (χ3n) is 9.36. The topological polar surface area (TPSA) is 78.9 Å². The van der Waals surface area contributed by atoms with E-state index in [2.05, 4.69) is 31.3 Å². The normalized spacial score (nSPS) is 30.7. The molecule has 206 valence electrons. The van der Waals surface area contributed by atoms with Crippen LogP contribution in [0.2, 0.25) is 0 Å². The molecule has 1 aromatic carbocycles. The summed E-state index contributed by atoms with van der Waals surface area (Å²) in [6, 6.07) is 10.2. The smallest absolute Gasteiger partial charge is 0.309 e. The van der Waals surface area contributed by atoms with Crippen molar-refractivity contribution in [1.29, 1.82) is 0 Å². The fraction of sp³-hybridized carbons (Fsp3) is 0.742. The zero-order chi connectivity index (χ0) is 26.3. The summed E-state index contributed by atoms with van der Waals surface area (Å²) in [5.41, 5.74) is -0.438. The minimum Gasteiger partial charge on any atom is -0.461 e. The fourth-order valence-corrected chi connectivity index (χ4v) is 7.17. The van der Waals surface area contributed by atoms with Crippen molar-refractivity contribution in [2.45, 2.75) is 109 Å². The zero-order valence-electron chi connectivity index (χ0n) is 23.1. The molecule has 4 rings (SSSR count). The van der Waals surface area contributed by atoms with E-state index in [4.69, 9.17) is 4.74 Å². The van der Waals surface area contributed by atoms with Crippen LogP contribution >= 0.6 is 0 Å². The number of nitrogens with zero attached hydrogens (tertiary/aromatic N) is 1. The number of likely N-dealkylation sites (tertiary alicyclic amines) is 1. The van der Waals surface area contributed by atoms with Gasteiger partial charge in [0, 0.05) is 25.4 Å². The Bertz CT molecular complexity index is 892. The van der Waals surface area contributed by atoms with Gasteiger partial charge in [-0.3, -0.25) is 9.59 Å². The van der Waals surface area contributed by atoms with Gasteiger partial charge in [0.2, 0.25) is 5.91 Å². The average Bonchev–Trinajstić information content (AvgIpc) is 3.47. The van der Waals surface area contributed by atoms with E-state index in [9.17, 15) is 14.7 Å². The Balaban J connectivity index is 1.46. The third kappa shape index (κ3) is 6.22. The highest BCUT2D eigenvalue weighted by Crippen LogP contribution is 2.51. The van der Waals surface area contributed by atoms with Crippen LogP contribution in [0.25, 0.3) is 0 Å². The maximum atomic E-state index is 13.4. The van der Waals surface area contributed by atoms with Crippen molar-refractivity contribution in [3.05, 3.63) is 35.9 Å². The number of ether oxygens (including phenoxy) is 1. The Labute approximate surface area is 223 Å². The summed E-state index contributed by atoms with van der Waals surface area (Å²) in [5.74, 6) is 0.127. The summed E-state index contributed by atoms with van der Waals surface area (Å²) in [6.45, 7) is 6.62. The Morgan fingerprint density at radius 3 is 2.70 bits per heavy atom. The second kappa shape index (κ2) is 12.8. The predicted octanol–water partition coefficient (Wildman–Crippen LogP) is 5.20. The largest absolute Gasteiger partial charge is 0.461 e. The van der Waals surface area contributed by atoms with Crippen LogP contribution in [0.15, 0.2) is 30.3 Å². The molecule has 5 unspecified atom stereocenters. The van der Waals surface area contributed by atoms with E-state index in [1.165, 1.54) is 18.4 Å². The second-order valence-electron chi connectivity index (χ2n) is 11.9. The minimum absolute atomic E-state index is 0.0593. The number of amides is 1. The van der Waals surface area contributed by atoms with Gasteiger partial charge in [-0.05, 0) is 50.6 Å². The quantitative estimate of drug-likeness (QED) is 0.297. The summed E-state index contributed by atoms with van der Waals surface area (Å²) < 4.78 is 6.31. The molecule has 3 fully saturated rings. The van der Waals surface area contributed by atoms with E-state index in [0.717, 1.165) is 51.4 Å². The molecule has 6 heteroatoms. The molecule has 2 N–H and O–H groups in total. The fourth-order valence-electron chi connectivity index (χ4n) is 7.17. The highest BCUT2D eigenvalue weighted by Gasteiger charge is 2.61. The molecule has 6 nitrogen and oxygen atoms in total. The number of aliphatic hydroxyl groups is 1. The summed E-state index contributed by atoms with van der Waals surface area (Å²) in [4.78, 5) is 28.3. The molecule has 3 aliphatic rings. The van der Waals surface area contributed by atoms with Gasteiger partial charge in [0.1, 0.15) is 6.10 Å². The molecule has 37 heavy (non-hydrogen) atoms. The standard InChI is InChI=1S/C31H48N2O4/c1-3-5-6-8-15-25(12-4-2)29(35)37-27-16-11-17-30(27)22-32-19-18-31(30,36)23-33-21-26(20-28(33)34)24-13-9-7-10-14-24/h7,9-10,13-14,25-27,32,36H,3-6,8,11-12,15-23H2,1-2H3. The molecule has 1 aliphatic carbocycles. The first-order valence-corrected chi connectivity index (χ1v) is 14.9. The number of unbranched alkanes of at least 4 members (excludes halogenated alkanes) is 3. The van der Waals surface area contributed by atoms with Crippen LogP contribution in [0, 0.1) is 11.3 Å². The van der Waals surface area contributed by atoms with E-state index in [1.807, 2.05) is 23.1 Å². The first kappa shape index (κ1) is 28.1. The van der Waals surface area contributed by atoms with Crippen LogP contribution in [-0.4, -0.2) is 59.8 Å². The van der Waals surface area contributed by atoms with E-state index in [0.29, 0.717) is 39.0 Å². The van der Waals surface area contributed by atoms with E-state index in [-0.39, 0.29) is 29.8 Å². The number of piperidine rings is 1. The van der Waals surface area contributed by atoms with Gasteiger partial charge in [0.05, 0.1) is 23.5 Å². The van der Waals surface area contributed by atoms with Crippen LogP contribution in [-0.2, 0) is 14.3 Å². The van der Waals surface area contributed by atoms with Gasteiger partial charge in [0.15, 0.2) is 0 Å². The Morgan fingerprint density at radius 2 is 1.95 bits per heavy atom. The predicted molar refractivity (Wildman–Crippen MR) is 146 cm³/mol. The molecular weight excluding hydrogens is 464 g/mol. The average molecular weight is 513 g/mol. The molecule has 1 aromatic rings. The van der Waals surface area contributed by atoms with E-state index >= 15 is 0 Å². The second-order valence-corrected chi connectivity index (χ2v) is 11.9. The first-order valence-electron chi connectivity index (χ1n) is 14.9. The monoisotopic (exact) mass is 512 g/mol. The number of β-amino-alcohol motifs (C(OH)–C–C–N with tert-alkyl or cyclic N) is 1. The van der Waals surface area contributed by atoms with E-state index < -0.39 is 11.0 Å². The summed E-state index contributed by atoms with van der Waals surface area (Å²) in [5, 5.41) is 15.8. The van der Waals surface area contributed by atoms with Crippen molar-refractivity contribution in [3.63, 3.8) is 0 Å². The van der Waals surface area contributed by atoms with Gasteiger partial charge in [-0.15, -0.1) is 0 Å². The summed E-state index contributed by atoms with van der Waals surface area (Å²) >= 11 is 0. The van der Waals surface area contributed by atoms with Gasteiger partial charge in [-0.1, -0.05) is 76.3 Å². The molecule has 2 heterocycles. The van der Waals surface area contributed by atoms with Gasteiger partial charge >= 0.3 is 5.97 Å². The number of esters is 1. The lowest BCUT2D eigenvalue weighted by Gasteiger charge is -2.52.